The highest BCUT2D eigenvalue weighted by atomic mass is 35.5. The number of anilines is 2. The van der Waals surface area contributed by atoms with Crippen LogP contribution in [0.4, 0.5) is 11.5 Å². The molecule has 4 rings (SSSR count). The van der Waals surface area contributed by atoms with E-state index in [9.17, 15) is 4.79 Å². The Balaban J connectivity index is 1.40. The average molecular weight is 449 g/mol. The molecule has 8 heteroatoms. The Morgan fingerprint density at radius 3 is 2.50 bits per heavy atom. The highest BCUT2D eigenvalue weighted by molar-refractivity contribution is 6.35. The largest absolute Gasteiger partial charge is 0.476 e. The molecule has 2 aromatic rings. The number of nitrogen functional groups attached to an aromatic ring is 1. The molecule has 1 aromatic heterocycles. The molecule has 0 spiro atoms. The van der Waals surface area contributed by atoms with Gasteiger partial charge in [0.25, 0.3) is 5.91 Å². The molecule has 2 saturated heterocycles. The van der Waals surface area contributed by atoms with E-state index in [1.165, 1.54) is 0 Å². The van der Waals surface area contributed by atoms with Crippen LogP contribution in [-0.2, 0) is 4.79 Å². The molecule has 160 valence electrons. The van der Waals surface area contributed by atoms with Crippen molar-refractivity contribution < 1.29 is 9.53 Å². The van der Waals surface area contributed by atoms with Crippen molar-refractivity contribution >= 4 is 40.6 Å². The lowest BCUT2D eigenvalue weighted by molar-refractivity contribution is -0.135. The molecule has 2 fully saturated rings. The van der Waals surface area contributed by atoms with Crippen molar-refractivity contribution in [3.8, 4) is 5.75 Å². The van der Waals surface area contributed by atoms with Crippen LogP contribution < -0.4 is 20.7 Å². The molecule has 0 aliphatic carbocycles. The van der Waals surface area contributed by atoms with Gasteiger partial charge in [0.2, 0.25) is 0 Å². The summed E-state index contributed by atoms with van der Waals surface area (Å²) in [6.07, 6.45) is 5.66. The number of pyridine rings is 1. The van der Waals surface area contributed by atoms with Gasteiger partial charge in [0.15, 0.2) is 5.60 Å². The van der Waals surface area contributed by atoms with Crippen LogP contribution in [0.3, 0.4) is 0 Å². The van der Waals surface area contributed by atoms with Crippen LogP contribution >= 0.6 is 23.2 Å². The van der Waals surface area contributed by atoms with E-state index in [2.05, 4.69) is 15.2 Å². The Kier molecular flexibility index (Phi) is 5.73. The molecule has 0 radical (unpaired) electrons. The van der Waals surface area contributed by atoms with Crippen molar-refractivity contribution in [2.75, 3.05) is 10.6 Å². The molecule has 3 N–H and O–H groups in total. The van der Waals surface area contributed by atoms with Gasteiger partial charge >= 0.3 is 0 Å². The molecular weight excluding hydrogens is 423 g/mol. The topological polar surface area (TPSA) is 80.5 Å². The number of ether oxygens (including phenoxy) is 1. The van der Waals surface area contributed by atoms with Crippen molar-refractivity contribution in [3.05, 3.63) is 46.6 Å². The van der Waals surface area contributed by atoms with Gasteiger partial charge in [-0.05, 0) is 69.9 Å². The van der Waals surface area contributed by atoms with E-state index in [0.29, 0.717) is 33.6 Å². The van der Waals surface area contributed by atoms with Crippen LogP contribution in [0.25, 0.3) is 0 Å². The third-order valence-corrected chi connectivity index (χ3v) is 6.44. The second kappa shape index (κ2) is 8.16. The number of hydrogen-bond donors (Lipinski definition) is 2. The zero-order valence-electron chi connectivity index (χ0n) is 17.1. The van der Waals surface area contributed by atoms with Gasteiger partial charge in [-0.3, -0.25) is 4.79 Å². The summed E-state index contributed by atoms with van der Waals surface area (Å²) < 4.78 is 5.93. The number of carbonyl (C=O) groups excluding carboxylic acids is 1. The van der Waals surface area contributed by atoms with E-state index in [1.807, 2.05) is 12.1 Å². The first-order chi connectivity index (χ1) is 14.2. The van der Waals surface area contributed by atoms with Crippen LogP contribution in [0.15, 0.2) is 36.5 Å². The molecule has 3 atom stereocenters. The molecule has 6 nitrogen and oxygen atoms in total. The summed E-state index contributed by atoms with van der Waals surface area (Å²) in [6.45, 7) is 3.49. The SMILES string of the molecule is CC(C)(Oc1ccc(Cl)cc1Cl)C(=O)NC1C[C@H]2CC[C@@H](C1)N2c1ccc(N)cn1. The van der Waals surface area contributed by atoms with E-state index in [-0.39, 0.29) is 11.9 Å². The number of nitrogens with two attached hydrogens (primary N) is 1. The average Bonchev–Trinajstić information content (AvgIpc) is 2.95. The molecule has 3 heterocycles. The third kappa shape index (κ3) is 4.30. The number of rotatable bonds is 5. The first kappa shape index (κ1) is 21.1. The number of aromatic nitrogens is 1. The maximum Gasteiger partial charge on any atom is 0.263 e. The number of fused-ring (bicyclic) bond motifs is 2. The Bertz CT molecular complexity index is 921. The number of hydrogen-bond acceptors (Lipinski definition) is 5. The molecule has 1 amide bonds. The summed E-state index contributed by atoms with van der Waals surface area (Å²) in [7, 11) is 0. The van der Waals surface area contributed by atoms with Gasteiger partial charge in [-0.2, -0.15) is 0 Å². The maximum atomic E-state index is 13.0. The molecule has 1 aromatic carbocycles. The second-order valence-electron chi connectivity index (χ2n) is 8.57. The Morgan fingerprint density at radius 1 is 1.20 bits per heavy atom. The molecule has 1 unspecified atom stereocenters. The van der Waals surface area contributed by atoms with Gasteiger partial charge in [-0.25, -0.2) is 4.98 Å². The fourth-order valence-corrected chi connectivity index (χ4v) is 4.90. The third-order valence-electron chi connectivity index (χ3n) is 5.91. The van der Waals surface area contributed by atoms with Gasteiger partial charge in [0.05, 0.1) is 16.9 Å². The van der Waals surface area contributed by atoms with Crippen molar-refractivity contribution in [1.29, 1.82) is 0 Å². The smallest absolute Gasteiger partial charge is 0.263 e. The van der Waals surface area contributed by atoms with Gasteiger partial charge < -0.3 is 20.7 Å². The fourth-order valence-electron chi connectivity index (χ4n) is 4.46. The number of benzene rings is 1. The number of piperidine rings is 1. The van der Waals surface area contributed by atoms with Gasteiger partial charge in [-0.1, -0.05) is 23.2 Å². The highest BCUT2D eigenvalue weighted by Crippen LogP contribution is 2.39. The number of halogens is 2. The van der Waals surface area contributed by atoms with E-state index < -0.39 is 5.60 Å². The molecule has 30 heavy (non-hydrogen) atoms. The van der Waals surface area contributed by atoms with E-state index in [0.717, 1.165) is 31.5 Å². The molecule has 2 aliphatic heterocycles. The zero-order valence-corrected chi connectivity index (χ0v) is 18.6. The van der Waals surface area contributed by atoms with Crippen molar-refractivity contribution in [3.63, 3.8) is 0 Å². The van der Waals surface area contributed by atoms with Gasteiger partial charge in [0, 0.05) is 23.1 Å². The van der Waals surface area contributed by atoms with Gasteiger partial charge in [-0.15, -0.1) is 0 Å². The summed E-state index contributed by atoms with van der Waals surface area (Å²) in [5.74, 6) is 1.24. The molecule has 0 saturated carbocycles. The van der Waals surface area contributed by atoms with Crippen LogP contribution in [-0.4, -0.2) is 34.6 Å². The minimum absolute atomic E-state index is 0.101. The summed E-state index contributed by atoms with van der Waals surface area (Å²) in [5.41, 5.74) is 5.38. The summed E-state index contributed by atoms with van der Waals surface area (Å²) in [4.78, 5) is 19.9. The standard InChI is InChI=1S/C22H26Cl2N4O2/c1-22(2,30-19-7-3-13(23)9-18(19)24)21(29)27-15-10-16-5-6-17(11-15)28(16)20-8-4-14(25)12-26-20/h3-4,7-9,12,15-17H,5-6,10-11,25H2,1-2H3,(H,27,29)/t15?,16-,17+. The Hall–Kier alpha value is -2.18. The summed E-state index contributed by atoms with van der Waals surface area (Å²) >= 11 is 12.1. The lowest BCUT2D eigenvalue weighted by Gasteiger charge is -2.40. The van der Waals surface area contributed by atoms with Crippen molar-refractivity contribution in [1.82, 2.24) is 10.3 Å². The van der Waals surface area contributed by atoms with E-state index >= 15 is 0 Å². The molecular formula is C22H26Cl2N4O2. The highest BCUT2D eigenvalue weighted by Gasteiger charge is 2.43. The number of amides is 1. The second-order valence-corrected chi connectivity index (χ2v) is 9.41. The first-order valence-corrected chi connectivity index (χ1v) is 10.9. The Labute approximate surface area is 186 Å². The number of nitrogens with one attached hydrogen (secondary N) is 1. The van der Waals surface area contributed by atoms with E-state index in [1.54, 1.807) is 38.2 Å². The lowest BCUT2D eigenvalue weighted by Crippen LogP contribution is -2.55. The number of nitrogens with zero attached hydrogens (tertiary/aromatic N) is 2. The van der Waals surface area contributed by atoms with Gasteiger partial charge in [0.1, 0.15) is 11.6 Å². The molecule has 2 aliphatic rings. The molecule has 2 bridgehead atoms. The van der Waals surface area contributed by atoms with Crippen LogP contribution in [0.2, 0.25) is 10.0 Å². The zero-order chi connectivity index (χ0) is 21.5. The predicted octanol–water partition coefficient (Wildman–Crippen LogP) is 4.44. The predicted molar refractivity (Wildman–Crippen MR) is 120 cm³/mol. The lowest BCUT2D eigenvalue weighted by atomic mass is 9.96. The Morgan fingerprint density at radius 2 is 1.90 bits per heavy atom. The fraction of sp³-hybridized carbons (Fsp3) is 0.455. The van der Waals surface area contributed by atoms with Crippen LogP contribution in [0.5, 0.6) is 5.75 Å². The quantitative estimate of drug-likeness (QED) is 0.706. The number of carbonyl (C=O) groups is 1. The minimum atomic E-state index is -1.06. The van der Waals surface area contributed by atoms with Crippen LogP contribution in [0, 0.1) is 0 Å². The summed E-state index contributed by atoms with van der Waals surface area (Å²) in [6, 6.07) is 9.66. The monoisotopic (exact) mass is 448 g/mol. The minimum Gasteiger partial charge on any atom is -0.476 e. The van der Waals surface area contributed by atoms with Crippen molar-refractivity contribution in [2.24, 2.45) is 0 Å². The van der Waals surface area contributed by atoms with E-state index in [4.69, 9.17) is 33.7 Å². The van der Waals surface area contributed by atoms with Crippen molar-refractivity contribution in [2.45, 2.75) is 63.3 Å². The maximum absolute atomic E-state index is 13.0. The normalized spacial score (nSPS) is 23.3. The first-order valence-electron chi connectivity index (χ1n) is 10.2. The van der Waals surface area contributed by atoms with Crippen LogP contribution in [0.1, 0.15) is 39.5 Å². The summed E-state index contributed by atoms with van der Waals surface area (Å²) in [5, 5.41) is 4.09.